The third kappa shape index (κ3) is 5.63. The topological polar surface area (TPSA) is 36.0 Å². The smallest absolute Gasteiger partial charge is 0.239 e. The van der Waals surface area contributed by atoms with Crippen molar-refractivity contribution in [3.05, 3.63) is 60.2 Å². The summed E-state index contributed by atoms with van der Waals surface area (Å²) < 4.78 is 5.28. The molecule has 0 bridgehead atoms. The fourth-order valence-corrected chi connectivity index (χ4v) is 5.10. The summed E-state index contributed by atoms with van der Waals surface area (Å²) in [5.74, 6) is 1.88. The highest BCUT2D eigenvalue weighted by Gasteiger charge is 2.30. The van der Waals surface area contributed by atoms with Crippen molar-refractivity contribution in [2.24, 2.45) is 5.92 Å². The van der Waals surface area contributed by atoms with E-state index in [1.54, 1.807) is 7.11 Å². The lowest BCUT2D eigenvalue weighted by molar-refractivity contribution is -0.137. The van der Waals surface area contributed by atoms with Crippen LogP contribution >= 0.6 is 0 Å². The number of anilines is 1. The van der Waals surface area contributed by atoms with Crippen molar-refractivity contribution < 1.29 is 9.53 Å². The molecule has 5 nitrogen and oxygen atoms in total. The number of ether oxygens (including phenoxy) is 1. The second kappa shape index (κ2) is 10.9. The van der Waals surface area contributed by atoms with Gasteiger partial charge in [-0.3, -0.25) is 9.69 Å². The predicted octanol–water partition coefficient (Wildman–Crippen LogP) is 4.08. The number of nitrogens with zero attached hydrogens (tertiary/aromatic N) is 3. The molecule has 2 saturated heterocycles. The zero-order chi connectivity index (χ0) is 22.3. The minimum absolute atomic E-state index is 0.0449. The number of benzene rings is 2. The van der Waals surface area contributed by atoms with Gasteiger partial charge in [-0.1, -0.05) is 30.3 Å². The summed E-state index contributed by atoms with van der Waals surface area (Å²) in [5, 5.41) is 0. The van der Waals surface area contributed by atoms with Gasteiger partial charge in [0.05, 0.1) is 13.2 Å². The van der Waals surface area contributed by atoms with Crippen LogP contribution in [0.25, 0.3) is 0 Å². The number of piperidine rings is 1. The molecule has 2 heterocycles. The van der Waals surface area contributed by atoms with Gasteiger partial charge in [-0.25, -0.2) is 0 Å². The highest BCUT2D eigenvalue weighted by molar-refractivity contribution is 5.81. The summed E-state index contributed by atoms with van der Waals surface area (Å²) in [6, 6.07) is 19.0. The van der Waals surface area contributed by atoms with Crippen molar-refractivity contribution >= 4 is 11.6 Å². The predicted molar refractivity (Wildman–Crippen MR) is 130 cm³/mol. The lowest BCUT2D eigenvalue weighted by Crippen LogP contribution is -2.50. The molecule has 4 rings (SSSR count). The Kier molecular flexibility index (Phi) is 7.69. The summed E-state index contributed by atoms with van der Waals surface area (Å²) in [6.45, 7) is 7.76. The van der Waals surface area contributed by atoms with Crippen LogP contribution in [0.3, 0.4) is 0 Å². The largest absolute Gasteiger partial charge is 0.497 e. The molecular weight excluding hydrogens is 398 g/mol. The normalized spacial score (nSPS) is 19.4. The van der Waals surface area contributed by atoms with Crippen LogP contribution < -0.4 is 9.64 Å². The van der Waals surface area contributed by atoms with Gasteiger partial charge < -0.3 is 14.5 Å². The van der Waals surface area contributed by atoms with E-state index in [0.717, 1.165) is 70.7 Å². The van der Waals surface area contributed by atoms with E-state index >= 15 is 0 Å². The van der Waals surface area contributed by atoms with E-state index < -0.39 is 0 Å². The van der Waals surface area contributed by atoms with Crippen LogP contribution in [0.2, 0.25) is 0 Å². The van der Waals surface area contributed by atoms with Crippen LogP contribution in [0.15, 0.2) is 54.6 Å². The molecule has 1 atom stereocenters. The monoisotopic (exact) mass is 435 g/mol. The van der Waals surface area contributed by atoms with Gasteiger partial charge in [-0.05, 0) is 68.4 Å². The molecule has 2 aliphatic rings. The summed E-state index contributed by atoms with van der Waals surface area (Å²) >= 11 is 0. The SMILES string of the molecule is COc1ccc(N2CCCN(C(C)C(=O)N3CCC(Cc4ccccc4)CC3)CC2)cc1. The second-order valence-corrected chi connectivity index (χ2v) is 9.21. The molecule has 5 heteroatoms. The van der Waals surface area contributed by atoms with Gasteiger partial charge in [0.2, 0.25) is 5.91 Å². The molecule has 1 amide bonds. The number of hydrogen-bond acceptors (Lipinski definition) is 4. The van der Waals surface area contributed by atoms with E-state index in [1.165, 1.54) is 11.3 Å². The number of hydrogen-bond donors (Lipinski definition) is 0. The Morgan fingerprint density at radius 2 is 1.66 bits per heavy atom. The van der Waals surface area contributed by atoms with E-state index in [1.807, 2.05) is 12.1 Å². The zero-order valence-electron chi connectivity index (χ0n) is 19.6. The quantitative estimate of drug-likeness (QED) is 0.685. The number of methoxy groups -OCH3 is 1. The van der Waals surface area contributed by atoms with Gasteiger partial charge in [0, 0.05) is 45.0 Å². The maximum absolute atomic E-state index is 13.3. The van der Waals surface area contributed by atoms with Gasteiger partial charge in [0.15, 0.2) is 0 Å². The number of amides is 1. The first kappa shape index (κ1) is 22.7. The van der Waals surface area contributed by atoms with Crippen molar-refractivity contribution in [1.82, 2.24) is 9.80 Å². The summed E-state index contributed by atoms with van der Waals surface area (Å²) in [4.78, 5) is 20.2. The highest BCUT2D eigenvalue weighted by Crippen LogP contribution is 2.24. The molecule has 0 radical (unpaired) electrons. The summed E-state index contributed by atoms with van der Waals surface area (Å²) in [5.41, 5.74) is 2.64. The molecule has 2 fully saturated rings. The molecule has 2 aromatic carbocycles. The maximum atomic E-state index is 13.3. The lowest BCUT2D eigenvalue weighted by atomic mass is 9.90. The van der Waals surface area contributed by atoms with E-state index in [0.29, 0.717) is 11.8 Å². The van der Waals surface area contributed by atoms with E-state index in [2.05, 4.69) is 64.1 Å². The Hall–Kier alpha value is -2.53. The van der Waals surface area contributed by atoms with Gasteiger partial charge in [-0.15, -0.1) is 0 Å². The van der Waals surface area contributed by atoms with Crippen molar-refractivity contribution in [1.29, 1.82) is 0 Å². The molecule has 0 aliphatic carbocycles. The Labute approximate surface area is 193 Å². The first-order valence-electron chi connectivity index (χ1n) is 12.1. The first-order chi connectivity index (χ1) is 15.6. The fraction of sp³-hybridized carbons (Fsp3) is 0.519. The fourth-order valence-electron chi connectivity index (χ4n) is 5.10. The van der Waals surface area contributed by atoms with Gasteiger partial charge in [-0.2, -0.15) is 0 Å². The molecule has 32 heavy (non-hydrogen) atoms. The molecule has 2 aromatic rings. The number of carbonyl (C=O) groups is 1. The lowest BCUT2D eigenvalue weighted by Gasteiger charge is -2.36. The Bertz CT molecular complexity index is 847. The number of likely N-dealkylation sites (tertiary alicyclic amines) is 1. The minimum Gasteiger partial charge on any atom is -0.497 e. The van der Waals surface area contributed by atoms with Gasteiger partial charge >= 0.3 is 0 Å². The summed E-state index contributed by atoms with van der Waals surface area (Å²) in [6.07, 6.45) is 4.42. The molecule has 0 spiro atoms. The van der Waals surface area contributed by atoms with Crippen LogP contribution in [-0.2, 0) is 11.2 Å². The molecule has 1 unspecified atom stereocenters. The van der Waals surface area contributed by atoms with E-state index in [9.17, 15) is 4.79 Å². The average molecular weight is 436 g/mol. The molecule has 0 saturated carbocycles. The van der Waals surface area contributed by atoms with Gasteiger partial charge in [0.1, 0.15) is 5.75 Å². The van der Waals surface area contributed by atoms with Crippen LogP contribution in [0.4, 0.5) is 5.69 Å². The van der Waals surface area contributed by atoms with Crippen LogP contribution in [0, 0.1) is 5.92 Å². The second-order valence-electron chi connectivity index (χ2n) is 9.21. The first-order valence-corrected chi connectivity index (χ1v) is 12.1. The van der Waals surface area contributed by atoms with Gasteiger partial charge in [0.25, 0.3) is 0 Å². The molecule has 2 aliphatic heterocycles. The number of carbonyl (C=O) groups excluding carboxylic acids is 1. The van der Waals surface area contributed by atoms with Crippen molar-refractivity contribution in [2.75, 3.05) is 51.3 Å². The van der Waals surface area contributed by atoms with E-state index in [-0.39, 0.29) is 6.04 Å². The molecule has 0 aromatic heterocycles. The number of rotatable bonds is 6. The maximum Gasteiger partial charge on any atom is 0.239 e. The molecular formula is C27H37N3O2. The van der Waals surface area contributed by atoms with Crippen molar-refractivity contribution in [3.8, 4) is 5.75 Å². The van der Waals surface area contributed by atoms with Crippen LogP contribution in [0.1, 0.15) is 31.7 Å². The third-order valence-corrected chi connectivity index (χ3v) is 7.17. The van der Waals surface area contributed by atoms with Crippen LogP contribution in [-0.4, -0.2) is 68.1 Å². The minimum atomic E-state index is -0.0449. The van der Waals surface area contributed by atoms with E-state index in [4.69, 9.17) is 4.74 Å². The van der Waals surface area contributed by atoms with Crippen molar-refractivity contribution in [3.63, 3.8) is 0 Å². The third-order valence-electron chi connectivity index (χ3n) is 7.17. The Morgan fingerprint density at radius 3 is 2.34 bits per heavy atom. The Balaban J connectivity index is 1.26. The highest BCUT2D eigenvalue weighted by atomic mass is 16.5. The van der Waals surface area contributed by atoms with Crippen molar-refractivity contribution in [2.45, 2.75) is 38.6 Å². The molecule has 0 N–H and O–H groups in total. The molecule has 172 valence electrons. The summed E-state index contributed by atoms with van der Waals surface area (Å²) in [7, 11) is 1.70. The standard InChI is InChI=1S/C27H37N3O2/c1-22(27(31)30-17-13-24(14-18-30)21-23-7-4-3-5-8-23)28-15-6-16-29(20-19-28)25-9-11-26(32-2)12-10-25/h3-5,7-12,22,24H,6,13-21H2,1-2H3. The van der Waals surface area contributed by atoms with Crippen LogP contribution in [0.5, 0.6) is 5.75 Å². The average Bonchev–Trinajstić information content (AvgIpc) is 3.11. The zero-order valence-corrected chi connectivity index (χ0v) is 19.6. The Morgan fingerprint density at radius 1 is 0.938 bits per heavy atom.